The molecule has 0 bridgehead atoms. The van der Waals surface area contributed by atoms with Gasteiger partial charge in [0.15, 0.2) is 0 Å². The molecule has 0 unspecified atom stereocenters. The second-order valence-corrected chi connectivity index (χ2v) is 13.5. The number of halogens is 7. The summed E-state index contributed by atoms with van der Waals surface area (Å²) in [5, 5.41) is 3.03. The first-order valence-electron chi connectivity index (χ1n) is 15.3. The number of urea groups is 1. The van der Waals surface area contributed by atoms with E-state index in [4.69, 9.17) is 0 Å². The van der Waals surface area contributed by atoms with E-state index in [0.29, 0.717) is 48.3 Å². The molecule has 0 radical (unpaired) electrons. The fourth-order valence-corrected chi connectivity index (χ4v) is 6.16. The van der Waals surface area contributed by atoms with Crippen LogP contribution < -0.4 is 10.2 Å². The van der Waals surface area contributed by atoms with Crippen LogP contribution in [-0.2, 0) is 21.9 Å². The standard InChI is InChI=1S/C33H39F7N4O3/c1-31(2,3)29(46)41-24-12-8-20(9-13-24)28(45)44-17-26(19-6-10-23(34)11-7-19)27(18-44)43(5)30(47)42(4)25-15-21(32(35,36)37)14-22(16-25)33(38,39)40/h6-7,10-11,14-16,20,24,26-27H,8-9,12-13,17-18H2,1-5H3,(H,41,46)/t20?,24?,26-,27+/m0/s1. The molecule has 1 aliphatic heterocycles. The van der Waals surface area contributed by atoms with E-state index in [0.717, 1.165) is 7.05 Å². The normalized spacial score (nSPS) is 22.2. The van der Waals surface area contributed by atoms with Gasteiger partial charge in [-0.2, -0.15) is 26.3 Å². The van der Waals surface area contributed by atoms with Crippen LogP contribution in [0.4, 0.5) is 41.2 Å². The smallest absolute Gasteiger partial charge is 0.353 e. The molecule has 1 saturated heterocycles. The van der Waals surface area contributed by atoms with E-state index in [1.54, 1.807) is 4.90 Å². The second kappa shape index (κ2) is 13.3. The summed E-state index contributed by atoms with van der Waals surface area (Å²) in [5.74, 6) is -1.58. The van der Waals surface area contributed by atoms with Gasteiger partial charge >= 0.3 is 18.4 Å². The summed E-state index contributed by atoms with van der Waals surface area (Å²) in [6.07, 6.45) is -7.91. The third kappa shape index (κ3) is 8.36. The minimum atomic E-state index is -5.09. The van der Waals surface area contributed by atoms with Crippen molar-refractivity contribution in [2.75, 3.05) is 32.1 Å². The number of nitrogens with zero attached hydrogens (tertiary/aromatic N) is 3. The van der Waals surface area contributed by atoms with E-state index < -0.39 is 58.4 Å². The van der Waals surface area contributed by atoms with Gasteiger partial charge in [-0.25, -0.2) is 9.18 Å². The molecule has 2 aromatic carbocycles. The molecule has 4 rings (SSSR count). The summed E-state index contributed by atoms with van der Waals surface area (Å²) in [4.78, 5) is 43.3. The molecule has 2 aromatic rings. The van der Waals surface area contributed by atoms with E-state index in [2.05, 4.69) is 5.32 Å². The van der Waals surface area contributed by atoms with Crippen LogP contribution in [0.25, 0.3) is 0 Å². The van der Waals surface area contributed by atoms with E-state index in [-0.39, 0.29) is 42.9 Å². The number of alkyl halides is 6. The molecule has 2 atom stereocenters. The van der Waals surface area contributed by atoms with E-state index in [9.17, 15) is 45.1 Å². The van der Waals surface area contributed by atoms with E-state index in [1.807, 2.05) is 20.8 Å². The van der Waals surface area contributed by atoms with Crippen molar-refractivity contribution in [2.24, 2.45) is 11.3 Å². The van der Waals surface area contributed by atoms with Gasteiger partial charge in [-0.1, -0.05) is 32.9 Å². The van der Waals surface area contributed by atoms with Crippen molar-refractivity contribution in [3.05, 3.63) is 65.0 Å². The van der Waals surface area contributed by atoms with Crippen LogP contribution in [0.5, 0.6) is 0 Å². The van der Waals surface area contributed by atoms with Gasteiger partial charge in [-0.3, -0.25) is 14.5 Å². The lowest BCUT2D eigenvalue weighted by molar-refractivity contribution is -0.143. The summed E-state index contributed by atoms with van der Waals surface area (Å²) in [6, 6.07) is 4.78. The molecule has 2 fully saturated rings. The molecule has 1 N–H and O–H groups in total. The molecule has 258 valence electrons. The molecule has 0 aromatic heterocycles. The molecule has 0 spiro atoms. The van der Waals surface area contributed by atoms with Crippen LogP contribution >= 0.6 is 0 Å². The zero-order chi connectivity index (χ0) is 35.1. The van der Waals surface area contributed by atoms with Crippen LogP contribution in [0.2, 0.25) is 0 Å². The van der Waals surface area contributed by atoms with E-state index >= 15 is 0 Å². The van der Waals surface area contributed by atoms with Crippen LogP contribution in [0.1, 0.15) is 69.1 Å². The van der Waals surface area contributed by atoms with Gasteiger partial charge in [0.05, 0.1) is 17.2 Å². The predicted molar refractivity (Wildman–Crippen MR) is 161 cm³/mol. The number of nitrogens with one attached hydrogen (secondary N) is 1. The molecular weight excluding hydrogens is 633 g/mol. The molecule has 1 saturated carbocycles. The number of carbonyl (C=O) groups is 3. The third-order valence-electron chi connectivity index (χ3n) is 9.04. The Kier molecular flexibility index (Phi) is 10.2. The van der Waals surface area contributed by atoms with Crippen molar-refractivity contribution in [2.45, 2.75) is 76.8 Å². The number of anilines is 1. The first kappa shape index (κ1) is 36.0. The van der Waals surface area contributed by atoms with Gasteiger partial charge in [0.2, 0.25) is 11.8 Å². The average molecular weight is 673 g/mol. The van der Waals surface area contributed by atoms with Gasteiger partial charge in [0.25, 0.3) is 0 Å². The number of hydrogen-bond acceptors (Lipinski definition) is 3. The Balaban J connectivity index is 1.55. The molecule has 7 nitrogen and oxygen atoms in total. The van der Waals surface area contributed by atoms with Crippen molar-refractivity contribution in [1.29, 1.82) is 0 Å². The lowest BCUT2D eigenvalue weighted by Gasteiger charge is -2.33. The van der Waals surface area contributed by atoms with Crippen LogP contribution in [-0.4, -0.2) is 66.9 Å². The maximum absolute atomic E-state index is 13.8. The van der Waals surface area contributed by atoms with Crippen molar-refractivity contribution in [3.63, 3.8) is 0 Å². The maximum Gasteiger partial charge on any atom is 0.416 e. The highest BCUT2D eigenvalue weighted by molar-refractivity contribution is 5.92. The largest absolute Gasteiger partial charge is 0.416 e. The van der Waals surface area contributed by atoms with E-state index in [1.165, 1.54) is 36.2 Å². The Morgan fingerprint density at radius 1 is 0.809 bits per heavy atom. The maximum atomic E-state index is 13.8. The van der Waals surface area contributed by atoms with Gasteiger partial charge < -0.3 is 15.1 Å². The van der Waals surface area contributed by atoms with Crippen molar-refractivity contribution in [3.8, 4) is 0 Å². The fraction of sp³-hybridized carbons (Fsp3) is 0.545. The SMILES string of the molecule is CN(C(=O)N(C)[C@@H]1CN(C(=O)C2CCC(NC(=O)C(C)(C)C)CC2)C[C@H]1c1ccc(F)cc1)c1cc(C(F)(F)F)cc(C(F)(F)F)c1. The van der Waals surface area contributed by atoms with Gasteiger partial charge in [0, 0.05) is 56.2 Å². The van der Waals surface area contributed by atoms with Crippen molar-refractivity contribution >= 4 is 23.5 Å². The Morgan fingerprint density at radius 3 is 1.83 bits per heavy atom. The number of hydrogen-bond donors (Lipinski definition) is 1. The third-order valence-corrected chi connectivity index (χ3v) is 9.04. The molecule has 2 aliphatic rings. The minimum Gasteiger partial charge on any atom is -0.353 e. The van der Waals surface area contributed by atoms with Crippen LogP contribution in [0.3, 0.4) is 0 Å². The Morgan fingerprint density at radius 2 is 1.34 bits per heavy atom. The molecule has 4 amide bonds. The number of likely N-dealkylation sites (tertiary alicyclic amines) is 1. The molecule has 14 heteroatoms. The molecule has 1 heterocycles. The molecule has 1 aliphatic carbocycles. The van der Waals surface area contributed by atoms with Crippen LogP contribution in [0, 0.1) is 17.2 Å². The van der Waals surface area contributed by atoms with Crippen molar-refractivity contribution in [1.82, 2.24) is 15.1 Å². The average Bonchev–Trinajstić information content (AvgIpc) is 3.44. The minimum absolute atomic E-state index is 0.0114. The fourth-order valence-electron chi connectivity index (χ4n) is 6.16. The molecule has 47 heavy (non-hydrogen) atoms. The quantitative estimate of drug-likeness (QED) is 0.346. The zero-order valence-corrected chi connectivity index (χ0v) is 26.8. The zero-order valence-electron chi connectivity index (χ0n) is 26.8. The summed E-state index contributed by atoms with van der Waals surface area (Å²) < 4.78 is 94.8. The lowest BCUT2D eigenvalue weighted by atomic mass is 9.84. The van der Waals surface area contributed by atoms with Gasteiger partial charge in [0.1, 0.15) is 5.82 Å². The number of carbonyl (C=O) groups excluding carboxylic acids is 3. The predicted octanol–water partition coefficient (Wildman–Crippen LogP) is 7.07. The lowest BCUT2D eigenvalue weighted by Crippen LogP contribution is -2.48. The highest BCUT2D eigenvalue weighted by Gasteiger charge is 2.43. The summed E-state index contributed by atoms with van der Waals surface area (Å²) in [6.45, 7) is 5.67. The van der Waals surface area contributed by atoms with Crippen molar-refractivity contribution < 1.29 is 45.1 Å². The highest BCUT2D eigenvalue weighted by Crippen LogP contribution is 2.39. The Hall–Kier alpha value is -3.84. The first-order chi connectivity index (χ1) is 21.7. The monoisotopic (exact) mass is 672 g/mol. The number of rotatable bonds is 5. The number of likely N-dealkylation sites (N-methyl/N-ethyl adjacent to an activating group) is 1. The summed E-state index contributed by atoms with van der Waals surface area (Å²) >= 11 is 0. The Bertz CT molecular complexity index is 1430. The summed E-state index contributed by atoms with van der Waals surface area (Å²) in [7, 11) is 2.45. The summed E-state index contributed by atoms with van der Waals surface area (Å²) in [5.41, 5.74) is -3.66. The molecular formula is C33H39F7N4O3. The van der Waals surface area contributed by atoms with Gasteiger partial charge in [-0.05, 0) is 61.6 Å². The van der Waals surface area contributed by atoms with Crippen LogP contribution in [0.15, 0.2) is 42.5 Å². The topological polar surface area (TPSA) is 73.0 Å². The Labute approximate surface area is 269 Å². The number of amides is 4. The highest BCUT2D eigenvalue weighted by atomic mass is 19.4. The number of benzene rings is 2. The van der Waals surface area contributed by atoms with Gasteiger partial charge in [-0.15, -0.1) is 0 Å². The second-order valence-electron chi connectivity index (χ2n) is 13.5. The first-order valence-corrected chi connectivity index (χ1v) is 15.3.